The molecule has 0 bridgehead atoms. The molecular weight excluding hydrogens is 244 g/mol. The van der Waals surface area contributed by atoms with Crippen LogP contribution in [-0.4, -0.2) is 13.1 Å². The third-order valence-corrected chi connectivity index (χ3v) is 1.77. The second-order valence-corrected chi connectivity index (χ2v) is 3.12. The lowest BCUT2D eigenvalue weighted by molar-refractivity contribution is -0.128. The van der Waals surface area contributed by atoms with E-state index in [4.69, 9.17) is 6.42 Å². The highest BCUT2D eigenvalue weighted by Gasteiger charge is 1.84. The van der Waals surface area contributed by atoms with E-state index in [1.807, 2.05) is 24.3 Å². The number of hydrogen-bond donors (Lipinski definition) is 0. The van der Waals surface area contributed by atoms with Crippen LogP contribution >= 0.6 is 15.9 Å². The molecule has 0 radical (unpaired) electrons. The van der Waals surface area contributed by atoms with Crippen LogP contribution < -0.4 is 0 Å². The Morgan fingerprint density at radius 1 is 1.50 bits per heavy atom. The van der Waals surface area contributed by atoms with Crippen LogP contribution in [0.3, 0.4) is 0 Å². The molecule has 0 spiro atoms. The lowest BCUT2D eigenvalue weighted by Gasteiger charge is -1.88. The van der Waals surface area contributed by atoms with E-state index in [1.165, 1.54) is 0 Å². The SMILES string of the molecule is C#Cc1ccc(Br)cc1.CCOC=O. The van der Waals surface area contributed by atoms with Gasteiger partial charge in [-0.25, -0.2) is 0 Å². The second kappa shape index (κ2) is 8.33. The van der Waals surface area contributed by atoms with Gasteiger partial charge < -0.3 is 4.74 Å². The van der Waals surface area contributed by atoms with Gasteiger partial charge >= 0.3 is 0 Å². The summed E-state index contributed by atoms with van der Waals surface area (Å²) in [6.45, 7) is 2.66. The first-order chi connectivity index (χ1) is 6.74. The van der Waals surface area contributed by atoms with E-state index in [1.54, 1.807) is 6.92 Å². The Balaban J connectivity index is 0.000000292. The minimum atomic E-state index is 0.431. The molecule has 14 heavy (non-hydrogen) atoms. The smallest absolute Gasteiger partial charge is 0.293 e. The number of ether oxygens (including phenoxy) is 1. The van der Waals surface area contributed by atoms with Gasteiger partial charge in [0.2, 0.25) is 0 Å². The first-order valence-corrected chi connectivity index (χ1v) is 4.81. The van der Waals surface area contributed by atoms with Crippen molar-refractivity contribution in [3.63, 3.8) is 0 Å². The fourth-order valence-corrected chi connectivity index (χ4v) is 0.878. The zero-order valence-electron chi connectivity index (χ0n) is 7.87. The highest BCUT2D eigenvalue weighted by molar-refractivity contribution is 9.10. The Labute approximate surface area is 92.4 Å². The number of carbonyl (C=O) groups excluding carboxylic acids is 1. The third kappa shape index (κ3) is 6.27. The lowest BCUT2D eigenvalue weighted by atomic mass is 10.2. The van der Waals surface area contributed by atoms with Crippen LogP contribution in [0.15, 0.2) is 28.7 Å². The summed E-state index contributed by atoms with van der Waals surface area (Å²) in [4.78, 5) is 9.18. The lowest BCUT2D eigenvalue weighted by Crippen LogP contribution is -1.80. The molecule has 1 aromatic carbocycles. The molecule has 2 nitrogen and oxygen atoms in total. The summed E-state index contributed by atoms with van der Waals surface area (Å²) < 4.78 is 5.21. The third-order valence-electron chi connectivity index (χ3n) is 1.25. The molecule has 1 rings (SSSR count). The van der Waals surface area contributed by atoms with Crippen LogP contribution in [0.5, 0.6) is 0 Å². The highest BCUT2D eigenvalue weighted by Crippen LogP contribution is 2.08. The van der Waals surface area contributed by atoms with Gasteiger partial charge in [-0.15, -0.1) is 6.42 Å². The summed E-state index contributed by atoms with van der Waals surface area (Å²) in [7, 11) is 0. The zero-order valence-corrected chi connectivity index (χ0v) is 9.45. The molecule has 1 aromatic rings. The Morgan fingerprint density at radius 2 is 2.07 bits per heavy atom. The predicted octanol–water partition coefficient (Wildman–Crippen LogP) is 2.61. The van der Waals surface area contributed by atoms with E-state index in [0.29, 0.717) is 13.1 Å². The van der Waals surface area contributed by atoms with Crippen molar-refractivity contribution in [1.82, 2.24) is 0 Å². The molecule has 0 saturated carbocycles. The fourth-order valence-electron chi connectivity index (χ4n) is 0.614. The number of rotatable bonds is 2. The first-order valence-electron chi connectivity index (χ1n) is 4.02. The van der Waals surface area contributed by atoms with Gasteiger partial charge in [0.25, 0.3) is 6.47 Å². The molecule has 0 aliphatic heterocycles. The predicted molar refractivity (Wildman–Crippen MR) is 59.8 cm³/mol. The Bertz CT molecular complexity index is 298. The molecular formula is C11H11BrO2. The van der Waals surface area contributed by atoms with E-state index in [-0.39, 0.29) is 0 Å². The van der Waals surface area contributed by atoms with Crippen LogP contribution in [0.4, 0.5) is 0 Å². The van der Waals surface area contributed by atoms with Crippen molar-refractivity contribution in [3.05, 3.63) is 34.3 Å². The number of carbonyl (C=O) groups is 1. The van der Waals surface area contributed by atoms with Gasteiger partial charge in [-0.1, -0.05) is 21.9 Å². The summed E-state index contributed by atoms with van der Waals surface area (Å²) in [5, 5.41) is 0. The molecule has 3 heteroatoms. The van der Waals surface area contributed by atoms with Gasteiger partial charge in [-0.2, -0.15) is 0 Å². The molecule has 0 fully saturated rings. The molecule has 0 atom stereocenters. The molecule has 0 saturated heterocycles. The van der Waals surface area contributed by atoms with E-state index in [2.05, 4.69) is 26.6 Å². The van der Waals surface area contributed by atoms with Crippen molar-refractivity contribution in [2.75, 3.05) is 6.61 Å². The average Bonchev–Trinajstić information content (AvgIpc) is 2.21. The maximum absolute atomic E-state index is 9.18. The molecule has 74 valence electrons. The average molecular weight is 255 g/mol. The van der Waals surface area contributed by atoms with Crippen LogP contribution in [0, 0.1) is 12.3 Å². The minimum Gasteiger partial charge on any atom is -0.468 e. The summed E-state index contributed by atoms with van der Waals surface area (Å²) in [5.74, 6) is 2.53. The Hall–Kier alpha value is -1.27. The monoisotopic (exact) mass is 254 g/mol. The normalized spacial score (nSPS) is 7.79. The molecule has 0 aliphatic rings. The number of terminal acetylenes is 1. The number of hydrogen-bond acceptors (Lipinski definition) is 2. The van der Waals surface area contributed by atoms with Crippen LogP contribution in [-0.2, 0) is 9.53 Å². The van der Waals surface area contributed by atoms with E-state index >= 15 is 0 Å². The van der Waals surface area contributed by atoms with Crippen LogP contribution in [0.1, 0.15) is 12.5 Å². The topological polar surface area (TPSA) is 26.3 Å². The van der Waals surface area contributed by atoms with Crippen molar-refractivity contribution < 1.29 is 9.53 Å². The van der Waals surface area contributed by atoms with E-state index in [0.717, 1.165) is 10.0 Å². The minimum absolute atomic E-state index is 0.431. The largest absolute Gasteiger partial charge is 0.468 e. The zero-order chi connectivity index (χ0) is 10.8. The van der Waals surface area contributed by atoms with Gasteiger partial charge in [0.1, 0.15) is 0 Å². The van der Waals surface area contributed by atoms with Crippen molar-refractivity contribution >= 4 is 22.4 Å². The van der Waals surface area contributed by atoms with E-state index in [9.17, 15) is 4.79 Å². The fraction of sp³-hybridized carbons (Fsp3) is 0.182. The van der Waals surface area contributed by atoms with E-state index < -0.39 is 0 Å². The summed E-state index contributed by atoms with van der Waals surface area (Å²) >= 11 is 3.31. The van der Waals surface area contributed by atoms with Gasteiger partial charge in [0.15, 0.2) is 0 Å². The van der Waals surface area contributed by atoms with Crippen molar-refractivity contribution in [1.29, 1.82) is 0 Å². The summed E-state index contributed by atoms with van der Waals surface area (Å²) in [6.07, 6.45) is 5.13. The summed E-state index contributed by atoms with van der Waals surface area (Å²) in [6, 6.07) is 7.64. The first kappa shape index (κ1) is 12.7. The Kier molecular flexibility index (Phi) is 7.58. The standard InChI is InChI=1S/C8H5Br.C3H6O2/c1-2-7-3-5-8(9)6-4-7;1-2-5-3-4/h1,3-6H;3H,2H2,1H3. The van der Waals surface area contributed by atoms with Crippen molar-refractivity contribution in [2.24, 2.45) is 0 Å². The molecule has 0 unspecified atom stereocenters. The molecule has 0 heterocycles. The molecule has 0 aliphatic carbocycles. The molecule has 0 N–H and O–H groups in total. The molecule has 0 amide bonds. The van der Waals surface area contributed by atoms with Gasteiger partial charge in [-0.05, 0) is 31.2 Å². The van der Waals surface area contributed by atoms with Crippen LogP contribution in [0.25, 0.3) is 0 Å². The van der Waals surface area contributed by atoms with Gasteiger partial charge in [0.05, 0.1) is 6.61 Å². The molecule has 0 aromatic heterocycles. The highest BCUT2D eigenvalue weighted by atomic mass is 79.9. The van der Waals surface area contributed by atoms with Gasteiger partial charge in [-0.3, -0.25) is 4.79 Å². The summed E-state index contributed by atoms with van der Waals surface area (Å²) in [5.41, 5.74) is 0.915. The van der Waals surface area contributed by atoms with Crippen molar-refractivity contribution in [3.8, 4) is 12.3 Å². The van der Waals surface area contributed by atoms with Crippen LogP contribution in [0.2, 0.25) is 0 Å². The Morgan fingerprint density at radius 3 is 2.36 bits per heavy atom. The number of benzene rings is 1. The van der Waals surface area contributed by atoms with Crippen molar-refractivity contribution in [2.45, 2.75) is 6.92 Å². The second-order valence-electron chi connectivity index (χ2n) is 2.20. The maximum atomic E-state index is 9.18. The number of halogens is 1. The quantitative estimate of drug-likeness (QED) is 0.599. The van der Waals surface area contributed by atoms with Gasteiger partial charge in [0, 0.05) is 10.0 Å². The maximum Gasteiger partial charge on any atom is 0.293 e.